The van der Waals surface area contributed by atoms with Crippen LogP contribution < -0.4 is 5.32 Å². The first kappa shape index (κ1) is 21.0. The number of sulfonamides is 1. The van der Waals surface area contributed by atoms with Crippen molar-refractivity contribution >= 4 is 21.8 Å². The van der Waals surface area contributed by atoms with Crippen LogP contribution in [0.15, 0.2) is 53.4 Å². The minimum Gasteiger partial charge on any atom is -0.350 e. The highest BCUT2D eigenvalue weighted by Crippen LogP contribution is 2.30. The Morgan fingerprint density at radius 2 is 1.69 bits per heavy atom. The molecular formula is C22H26N2O4S. The summed E-state index contributed by atoms with van der Waals surface area (Å²) in [4.78, 5) is 24.8. The number of nitrogens with zero attached hydrogens (tertiary/aromatic N) is 1. The van der Waals surface area contributed by atoms with Crippen LogP contribution in [-0.4, -0.2) is 31.1 Å². The molecule has 29 heavy (non-hydrogen) atoms. The number of carbonyl (C=O) groups excluding carboxylic acids is 2. The lowest BCUT2D eigenvalue weighted by atomic mass is 9.86. The van der Waals surface area contributed by atoms with E-state index in [1.165, 1.54) is 17.7 Å². The maximum atomic E-state index is 12.5. The second-order valence-corrected chi connectivity index (χ2v) is 10.1. The van der Waals surface area contributed by atoms with E-state index in [0.29, 0.717) is 0 Å². The predicted octanol–water partition coefficient (Wildman–Crippen LogP) is 3.40. The van der Waals surface area contributed by atoms with Crippen LogP contribution in [0.3, 0.4) is 0 Å². The van der Waals surface area contributed by atoms with Gasteiger partial charge < -0.3 is 5.32 Å². The first-order valence-electron chi connectivity index (χ1n) is 9.58. The summed E-state index contributed by atoms with van der Waals surface area (Å²) in [5.74, 6) is -0.893. The van der Waals surface area contributed by atoms with E-state index in [4.69, 9.17) is 0 Å². The van der Waals surface area contributed by atoms with E-state index in [0.717, 1.165) is 9.87 Å². The van der Waals surface area contributed by atoms with Gasteiger partial charge >= 0.3 is 0 Å². The molecule has 3 rings (SSSR count). The van der Waals surface area contributed by atoms with E-state index in [-0.39, 0.29) is 40.8 Å². The molecule has 2 aromatic carbocycles. The molecule has 1 atom stereocenters. The third-order valence-corrected chi connectivity index (χ3v) is 6.95. The van der Waals surface area contributed by atoms with Crippen molar-refractivity contribution in [2.24, 2.45) is 0 Å². The van der Waals surface area contributed by atoms with Crippen LogP contribution in [0.25, 0.3) is 0 Å². The fraction of sp³-hybridized carbons (Fsp3) is 0.364. The highest BCUT2D eigenvalue weighted by Gasteiger charge is 2.40. The normalized spacial score (nSPS) is 16.4. The Kier molecular flexibility index (Phi) is 5.54. The second kappa shape index (κ2) is 7.63. The number of amides is 2. The van der Waals surface area contributed by atoms with Crippen LogP contribution >= 0.6 is 0 Å². The molecule has 0 aromatic heterocycles. The summed E-state index contributed by atoms with van der Waals surface area (Å²) in [6.07, 6.45) is -0.0939. The zero-order valence-corrected chi connectivity index (χ0v) is 17.9. The minimum absolute atomic E-state index is 0.00212. The number of benzene rings is 2. The molecule has 0 bridgehead atoms. The largest absolute Gasteiger partial charge is 0.350 e. The van der Waals surface area contributed by atoms with E-state index in [1.807, 2.05) is 31.2 Å². The predicted molar refractivity (Wildman–Crippen MR) is 111 cm³/mol. The Morgan fingerprint density at radius 1 is 1.07 bits per heavy atom. The summed E-state index contributed by atoms with van der Waals surface area (Å²) in [6.45, 7) is 8.10. The molecule has 0 fully saturated rings. The molecule has 2 amide bonds. The van der Waals surface area contributed by atoms with Crippen LogP contribution in [0.5, 0.6) is 0 Å². The molecule has 154 valence electrons. The Labute approximate surface area is 172 Å². The SMILES string of the molecule is C[C@@H](NC(=O)CCN1C(=O)c2ccccc2S1(=O)=O)c1ccc(C(C)(C)C)cc1. The van der Waals surface area contributed by atoms with Crippen molar-refractivity contribution in [3.63, 3.8) is 0 Å². The monoisotopic (exact) mass is 414 g/mol. The molecule has 0 saturated carbocycles. The van der Waals surface area contributed by atoms with E-state index < -0.39 is 15.9 Å². The third-order valence-electron chi connectivity index (χ3n) is 5.11. The van der Waals surface area contributed by atoms with Crippen molar-refractivity contribution in [1.82, 2.24) is 9.62 Å². The quantitative estimate of drug-likeness (QED) is 0.813. The molecule has 1 aliphatic heterocycles. The van der Waals surface area contributed by atoms with Crippen LogP contribution in [0.2, 0.25) is 0 Å². The van der Waals surface area contributed by atoms with Crippen molar-refractivity contribution in [3.05, 3.63) is 65.2 Å². The van der Waals surface area contributed by atoms with Gasteiger partial charge in [0, 0.05) is 13.0 Å². The summed E-state index contributed by atoms with van der Waals surface area (Å²) in [6, 6.07) is 13.9. The summed E-state index contributed by atoms with van der Waals surface area (Å²) < 4.78 is 25.9. The lowest BCUT2D eigenvalue weighted by Gasteiger charge is -2.21. The Bertz CT molecular complexity index is 1040. The van der Waals surface area contributed by atoms with Gasteiger partial charge in [-0.05, 0) is 35.6 Å². The van der Waals surface area contributed by atoms with Crippen molar-refractivity contribution < 1.29 is 18.0 Å². The molecular weight excluding hydrogens is 388 g/mol. The van der Waals surface area contributed by atoms with E-state index in [2.05, 4.69) is 26.1 Å². The Morgan fingerprint density at radius 3 is 2.28 bits per heavy atom. The number of hydrogen-bond acceptors (Lipinski definition) is 4. The van der Waals surface area contributed by atoms with E-state index in [1.54, 1.807) is 12.1 Å². The second-order valence-electron chi connectivity index (χ2n) is 8.29. The van der Waals surface area contributed by atoms with Crippen LogP contribution in [-0.2, 0) is 20.2 Å². The third kappa shape index (κ3) is 4.19. The standard InChI is InChI=1S/C22H26N2O4S/c1-15(16-9-11-17(12-10-16)22(2,3)4)23-20(25)13-14-24-21(26)18-7-5-6-8-19(18)29(24,27)28/h5-12,15H,13-14H2,1-4H3,(H,23,25)/t15-/m1/s1. The molecule has 0 aliphatic carbocycles. The molecule has 2 aromatic rings. The maximum absolute atomic E-state index is 12.5. The zero-order chi connectivity index (χ0) is 21.4. The topological polar surface area (TPSA) is 83.6 Å². The lowest BCUT2D eigenvalue weighted by molar-refractivity contribution is -0.121. The number of fused-ring (bicyclic) bond motifs is 1. The Hall–Kier alpha value is -2.67. The smallest absolute Gasteiger partial charge is 0.269 e. The van der Waals surface area contributed by atoms with Gasteiger partial charge in [-0.1, -0.05) is 57.2 Å². The van der Waals surface area contributed by atoms with Gasteiger partial charge in [-0.15, -0.1) is 0 Å². The summed E-state index contributed by atoms with van der Waals surface area (Å²) in [5.41, 5.74) is 2.37. The lowest BCUT2D eigenvalue weighted by Crippen LogP contribution is -2.35. The summed E-state index contributed by atoms with van der Waals surface area (Å²) in [7, 11) is -3.89. The van der Waals surface area contributed by atoms with Crippen molar-refractivity contribution in [2.45, 2.75) is 50.5 Å². The van der Waals surface area contributed by atoms with Gasteiger partial charge in [0.15, 0.2) is 0 Å². The minimum atomic E-state index is -3.89. The van der Waals surface area contributed by atoms with Gasteiger partial charge in [0.1, 0.15) is 4.90 Å². The van der Waals surface area contributed by atoms with Gasteiger partial charge in [0.05, 0.1) is 11.6 Å². The maximum Gasteiger partial charge on any atom is 0.269 e. The first-order valence-corrected chi connectivity index (χ1v) is 11.0. The van der Waals surface area contributed by atoms with Gasteiger partial charge in [0.2, 0.25) is 5.91 Å². The van der Waals surface area contributed by atoms with E-state index in [9.17, 15) is 18.0 Å². The fourth-order valence-corrected chi connectivity index (χ4v) is 4.89. The van der Waals surface area contributed by atoms with Crippen molar-refractivity contribution in [3.8, 4) is 0 Å². The average Bonchev–Trinajstić information content (AvgIpc) is 2.86. The summed E-state index contributed by atoms with van der Waals surface area (Å²) >= 11 is 0. The number of hydrogen-bond donors (Lipinski definition) is 1. The molecule has 0 radical (unpaired) electrons. The molecule has 0 saturated heterocycles. The first-order chi connectivity index (χ1) is 13.5. The molecule has 6 nitrogen and oxygen atoms in total. The van der Waals surface area contributed by atoms with E-state index >= 15 is 0 Å². The van der Waals surface area contributed by atoms with Crippen LogP contribution in [0.1, 0.15) is 61.6 Å². The van der Waals surface area contributed by atoms with Gasteiger partial charge in [-0.2, -0.15) is 0 Å². The van der Waals surface area contributed by atoms with Gasteiger partial charge in [0.25, 0.3) is 15.9 Å². The number of carbonyl (C=O) groups is 2. The fourth-order valence-electron chi connectivity index (χ4n) is 3.32. The van der Waals surface area contributed by atoms with Gasteiger partial charge in [-0.3, -0.25) is 9.59 Å². The average molecular weight is 415 g/mol. The highest BCUT2D eigenvalue weighted by molar-refractivity contribution is 7.90. The summed E-state index contributed by atoms with van der Waals surface area (Å²) in [5, 5.41) is 2.87. The van der Waals surface area contributed by atoms with Crippen molar-refractivity contribution in [2.75, 3.05) is 6.54 Å². The van der Waals surface area contributed by atoms with Crippen LogP contribution in [0, 0.1) is 0 Å². The molecule has 0 unspecified atom stereocenters. The van der Waals surface area contributed by atoms with Gasteiger partial charge in [-0.25, -0.2) is 12.7 Å². The molecule has 0 spiro atoms. The zero-order valence-electron chi connectivity index (χ0n) is 17.1. The van der Waals surface area contributed by atoms with Crippen molar-refractivity contribution in [1.29, 1.82) is 0 Å². The molecule has 1 N–H and O–H groups in total. The highest BCUT2D eigenvalue weighted by atomic mass is 32.2. The molecule has 7 heteroatoms. The molecule has 1 heterocycles. The molecule has 1 aliphatic rings. The Balaban J connectivity index is 1.61. The van der Waals surface area contributed by atoms with Crippen LogP contribution in [0.4, 0.5) is 0 Å². The number of rotatable bonds is 5. The number of nitrogens with one attached hydrogen (secondary N) is 1.